The number of carbonyl (C=O) groups is 2. The number of allylic oxidation sites excluding steroid dienone is 1. The molecule has 3 heterocycles. The summed E-state index contributed by atoms with van der Waals surface area (Å²) in [6.07, 6.45) is 7.44. The third-order valence-electron chi connectivity index (χ3n) is 7.27. The number of carbonyl (C=O) groups excluding carboxylic acids is 2. The number of methoxy groups -OCH3 is 1. The highest BCUT2D eigenvalue weighted by atomic mass is 16.7. The van der Waals surface area contributed by atoms with Gasteiger partial charge in [-0.3, -0.25) is 14.2 Å². The second-order valence-electron chi connectivity index (χ2n) is 9.94. The molecule has 2 aromatic heterocycles. The lowest BCUT2D eigenvalue weighted by Crippen LogP contribution is -2.34. The number of aliphatic hydroxyl groups excluding tert-OH is 1. The van der Waals surface area contributed by atoms with Crippen LogP contribution in [0.3, 0.4) is 0 Å². The van der Waals surface area contributed by atoms with E-state index in [1.807, 2.05) is 60.9 Å². The van der Waals surface area contributed by atoms with Crippen LogP contribution in [0.2, 0.25) is 0 Å². The number of aliphatic hydroxyl groups is 1. The van der Waals surface area contributed by atoms with E-state index >= 15 is 0 Å². The van der Waals surface area contributed by atoms with Crippen molar-refractivity contribution in [2.75, 3.05) is 26.9 Å². The lowest BCUT2D eigenvalue weighted by Gasteiger charge is -2.29. The van der Waals surface area contributed by atoms with Crippen molar-refractivity contribution in [1.82, 2.24) is 14.9 Å². The number of aromatic amines is 1. The summed E-state index contributed by atoms with van der Waals surface area (Å²) in [7, 11) is 1.64. The predicted molar refractivity (Wildman–Crippen MR) is 152 cm³/mol. The number of H-pyrrole nitrogens is 1. The van der Waals surface area contributed by atoms with Gasteiger partial charge in [-0.05, 0) is 60.7 Å². The van der Waals surface area contributed by atoms with Crippen LogP contribution in [0.1, 0.15) is 48.0 Å². The number of para-hydroxylation sites is 1. The van der Waals surface area contributed by atoms with Crippen LogP contribution in [0, 0.1) is 0 Å². The minimum atomic E-state index is -0.630. The van der Waals surface area contributed by atoms with E-state index in [0.717, 1.165) is 38.7 Å². The Morgan fingerprint density at radius 2 is 2.02 bits per heavy atom. The lowest BCUT2D eigenvalue weighted by atomic mass is 9.92. The van der Waals surface area contributed by atoms with Crippen molar-refractivity contribution >= 4 is 33.6 Å². The van der Waals surface area contributed by atoms with Gasteiger partial charge in [-0.1, -0.05) is 18.2 Å². The number of nitrogens with zero attached hydrogens (tertiary/aromatic N) is 1. The molecular formula is C31H35N3O6. The highest BCUT2D eigenvalue weighted by Gasteiger charge is 2.30. The molecule has 0 fully saturated rings. The van der Waals surface area contributed by atoms with Gasteiger partial charge >= 0.3 is 0 Å². The first kappa shape index (κ1) is 27.5. The van der Waals surface area contributed by atoms with E-state index in [-0.39, 0.29) is 30.1 Å². The lowest BCUT2D eigenvalue weighted by molar-refractivity contribution is -0.146. The standard InChI is InChI=1S/C31H35N3O6/c1-20(36)34-19-26(24-7-3-4-8-28(24)34)22-15-29(40-30(16-22)39-14-6-5-13-35)31(37)32-12-11-21-18-33-27-10-9-23(38-2)17-25(21)27/h3-4,7-10,15,17-19,22,30,33,35H,5-6,11-14,16H2,1-2H3,(H,32,37)/t22-,30+/m1/s1. The smallest absolute Gasteiger partial charge is 0.286 e. The molecule has 1 aliphatic heterocycles. The van der Waals surface area contributed by atoms with Crippen molar-refractivity contribution in [2.45, 2.75) is 44.8 Å². The topological polar surface area (TPSA) is 115 Å². The summed E-state index contributed by atoms with van der Waals surface area (Å²) in [5, 5.41) is 14.1. The number of amides is 1. The Labute approximate surface area is 232 Å². The first-order chi connectivity index (χ1) is 19.5. The summed E-state index contributed by atoms with van der Waals surface area (Å²) >= 11 is 0. The van der Waals surface area contributed by atoms with E-state index in [4.69, 9.17) is 19.3 Å². The summed E-state index contributed by atoms with van der Waals surface area (Å²) < 4.78 is 19.0. The van der Waals surface area contributed by atoms with Gasteiger partial charge in [-0.25, -0.2) is 0 Å². The van der Waals surface area contributed by atoms with Crippen LogP contribution in [-0.2, 0) is 20.7 Å². The molecule has 4 aromatic rings. The Kier molecular flexibility index (Phi) is 8.52. The van der Waals surface area contributed by atoms with Gasteiger partial charge in [0.05, 0.1) is 19.2 Å². The first-order valence-electron chi connectivity index (χ1n) is 13.6. The average molecular weight is 546 g/mol. The highest BCUT2D eigenvalue weighted by Crippen LogP contribution is 2.36. The zero-order valence-corrected chi connectivity index (χ0v) is 22.8. The van der Waals surface area contributed by atoms with Gasteiger partial charge < -0.3 is 29.6 Å². The summed E-state index contributed by atoms with van der Waals surface area (Å²) in [4.78, 5) is 28.9. The normalized spacial score (nSPS) is 17.0. The zero-order chi connectivity index (χ0) is 28.1. The van der Waals surface area contributed by atoms with Crippen molar-refractivity contribution in [3.8, 4) is 5.75 Å². The highest BCUT2D eigenvalue weighted by molar-refractivity contribution is 5.95. The molecular weight excluding hydrogens is 510 g/mol. The van der Waals surface area contributed by atoms with Crippen molar-refractivity contribution < 1.29 is 28.9 Å². The Balaban J connectivity index is 1.34. The molecule has 1 aliphatic rings. The molecule has 40 heavy (non-hydrogen) atoms. The fourth-order valence-corrected chi connectivity index (χ4v) is 5.21. The fraction of sp³-hybridized carbons (Fsp3) is 0.355. The Hall–Kier alpha value is -4.08. The van der Waals surface area contributed by atoms with Crippen LogP contribution < -0.4 is 10.1 Å². The zero-order valence-electron chi connectivity index (χ0n) is 22.8. The number of rotatable bonds is 11. The Morgan fingerprint density at radius 1 is 1.18 bits per heavy atom. The number of hydrogen-bond acceptors (Lipinski definition) is 6. The molecule has 9 nitrogen and oxygen atoms in total. The number of aromatic nitrogens is 2. The monoisotopic (exact) mass is 545 g/mol. The van der Waals surface area contributed by atoms with Crippen LogP contribution in [0.4, 0.5) is 0 Å². The van der Waals surface area contributed by atoms with Gasteiger partial charge in [-0.15, -0.1) is 0 Å². The largest absolute Gasteiger partial charge is 0.497 e. The van der Waals surface area contributed by atoms with Crippen molar-refractivity contribution in [3.63, 3.8) is 0 Å². The van der Waals surface area contributed by atoms with Crippen LogP contribution in [0.15, 0.2) is 66.7 Å². The molecule has 2 aromatic carbocycles. The second kappa shape index (κ2) is 12.4. The fourth-order valence-electron chi connectivity index (χ4n) is 5.21. The summed E-state index contributed by atoms with van der Waals surface area (Å²) in [5.74, 6) is 0.387. The third kappa shape index (κ3) is 5.90. The Morgan fingerprint density at radius 3 is 2.83 bits per heavy atom. The number of nitrogens with one attached hydrogen (secondary N) is 2. The molecule has 210 valence electrons. The summed E-state index contributed by atoms with van der Waals surface area (Å²) in [6, 6.07) is 13.6. The van der Waals surface area contributed by atoms with Crippen molar-refractivity contribution in [2.24, 2.45) is 0 Å². The molecule has 0 aliphatic carbocycles. The molecule has 2 atom stereocenters. The second-order valence-corrected chi connectivity index (χ2v) is 9.94. The average Bonchev–Trinajstić information content (AvgIpc) is 3.56. The third-order valence-corrected chi connectivity index (χ3v) is 7.27. The summed E-state index contributed by atoms with van der Waals surface area (Å²) in [6.45, 7) is 2.46. The number of unbranched alkanes of at least 4 members (excludes halogenated alkanes) is 1. The minimum absolute atomic E-state index is 0.0804. The van der Waals surface area contributed by atoms with Gasteiger partial charge in [0.2, 0.25) is 12.2 Å². The molecule has 0 bridgehead atoms. The molecule has 5 rings (SSSR count). The maximum absolute atomic E-state index is 13.3. The SMILES string of the molecule is COc1ccc2[nH]cc(CCNC(=O)C3=C[C@@H](c4cn(C(C)=O)c5ccccc45)C[C@@H](OCCCCO)O3)c2c1. The van der Waals surface area contributed by atoms with E-state index in [1.54, 1.807) is 11.7 Å². The molecule has 0 unspecified atom stereocenters. The molecule has 0 saturated heterocycles. The summed E-state index contributed by atoms with van der Waals surface area (Å²) in [5.41, 5.74) is 3.85. The molecule has 9 heteroatoms. The van der Waals surface area contributed by atoms with Gasteiger partial charge in [0.15, 0.2) is 5.76 Å². The molecule has 0 spiro atoms. The van der Waals surface area contributed by atoms with Crippen LogP contribution >= 0.6 is 0 Å². The number of fused-ring (bicyclic) bond motifs is 2. The van der Waals surface area contributed by atoms with Gasteiger partial charge in [-0.2, -0.15) is 0 Å². The molecule has 0 radical (unpaired) electrons. The molecule has 1 amide bonds. The van der Waals surface area contributed by atoms with Crippen LogP contribution in [0.5, 0.6) is 5.75 Å². The first-order valence-corrected chi connectivity index (χ1v) is 13.6. The van der Waals surface area contributed by atoms with E-state index in [1.165, 1.54) is 6.92 Å². The van der Waals surface area contributed by atoms with Crippen molar-refractivity contribution in [1.29, 1.82) is 0 Å². The minimum Gasteiger partial charge on any atom is -0.497 e. The van der Waals surface area contributed by atoms with E-state index in [0.29, 0.717) is 38.8 Å². The van der Waals surface area contributed by atoms with Gasteiger partial charge in [0.1, 0.15) is 5.75 Å². The van der Waals surface area contributed by atoms with E-state index in [9.17, 15) is 9.59 Å². The Bertz CT molecular complexity index is 1530. The maximum atomic E-state index is 13.3. The molecule has 3 N–H and O–H groups in total. The maximum Gasteiger partial charge on any atom is 0.286 e. The van der Waals surface area contributed by atoms with Gasteiger partial charge in [0.25, 0.3) is 5.91 Å². The number of ether oxygens (including phenoxy) is 3. The quantitative estimate of drug-likeness (QED) is 0.236. The number of hydrogen-bond donors (Lipinski definition) is 3. The van der Waals surface area contributed by atoms with E-state index in [2.05, 4.69) is 10.3 Å². The van der Waals surface area contributed by atoms with Gasteiger partial charge in [0, 0.05) is 61.1 Å². The van der Waals surface area contributed by atoms with Crippen molar-refractivity contribution in [3.05, 3.63) is 77.8 Å². The number of benzene rings is 2. The van der Waals surface area contributed by atoms with Crippen LogP contribution in [-0.4, -0.2) is 59.6 Å². The molecule has 0 saturated carbocycles. The van der Waals surface area contributed by atoms with Crippen LogP contribution in [0.25, 0.3) is 21.8 Å². The van der Waals surface area contributed by atoms with E-state index < -0.39 is 6.29 Å². The predicted octanol–water partition coefficient (Wildman–Crippen LogP) is 4.65.